The molecule has 1 rings (SSSR count). The smallest absolute Gasteiger partial charge is 0.252 e. The van der Waals surface area contributed by atoms with Crippen LogP contribution in [0.3, 0.4) is 0 Å². The normalized spacial score (nSPS) is 10.3. The molecule has 0 radical (unpaired) electrons. The van der Waals surface area contributed by atoms with Gasteiger partial charge in [0.15, 0.2) is 0 Å². The first kappa shape index (κ1) is 15.7. The zero-order valence-electron chi connectivity index (χ0n) is 11.6. The highest BCUT2D eigenvalue weighted by Gasteiger charge is 2.25. The van der Waals surface area contributed by atoms with E-state index in [9.17, 15) is 9.59 Å². The number of hydrogen-bond acceptors (Lipinski definition) is 3. The van der Waals surface area contributed by atoms with Crippen LogP contribution in [0.1, 0.15) is 29.8 Å². The molecule has 2 amide bonds. The Kier molecular flexibility index (Phi) is 5.30. The molecule has 0 spiro atoms. The third kappa shape index (κ3) is 4.11. The molecule has 0 aliphatic carbocycles. The van der Waals surface area contributed by atoms with Gasteiger partial charge in [-0.25, -0.2) is 0 Å². The second-order valence-electron chi connectivity index (χ2n) is 4.94. The van der Waals surface area contributed by atoms with Gasteiger partial charge in [0.25, 0.3) is 5.91 Å². The summed E-state index contributed by atoms with van der Waals surface area (Å²) in [7, 11) is 0. The minimum absolute atomic E-state index is 0.142. The van der Waals surface area contributed by atoms with Crippen LogP contribution in [0, 0.1) is 17.3 Å². The Morgan fingerprint density at radius 3 is 2.60 bits per heavy atom. The van der Waals surface area contributed by atoms with Crippen molar-refractivity contribution in [3.8, 4) is 11.8 Å². The summed E-state index contributed by atoms with van der Waals surface area (Å²) in [6.07, 6.45) is 0. The second kappa shape index (κ2) is 6.73. The summed E-state index contributed by atoms with van der Waals surface area (Å²) in [5, 5.41) is 11.4. The number of amides is 2. The van der Waals surface area contributed by atoms with Gasteiger partial charge >= 0.3 is 0 Å². The number of benzene rings is 1. The maximum absolute atomic E-state index is 12.1. The van der Waals surface area contributed by atoms with Crippen LogP contribution in [0.25, 0.3) is 0 Å². The molecule has 0 aromatic heterocycles. The Morgan fingerprint density at radius 2 is 2.00 bits per heavy atom. The molecule has 20 heavy (non-hydrogen) atoms. The molecule has 0 atom stereocenters. The zero-order chi connectivity index (χ0) is 15.2. The van der Waals surface area contributed by atoms with Crippen molar-refractivity contribution in [1.29, 1.82) is 0 Å². The molecule has 0 aliphatic rings. The zero-order valence-corrected chi connectivity index (χ0v) is 11.6. The molecular weight excluding hydrogens is 256 g/mol. The number of carbonyl (C=O) groups is 2. The van der Waals surface area contributed by atoms with E-state index < -0.39 is 11.3 Å². The van der Waals surface area contributed by atoms with Gasteiger partial charge in [-0.05, 0) is 26.0 Å². The maximum Gasteiger partial charge on any atom is 0.252 e. The number of hydrogen-bond donors (Lipinski definition) is 3. The van der Waals surface area contributed by atoms with Gasteiger partial charge in [-0.3, -0.25) is 9.59 Å². The lowest BCUT2D eigenvalue weighted by molar-refractivity contribution is -0.125. The lowest BCUT2D eigenvalue weighted by Gasteiger charge is -2.20. The highest BCUT2D eigenvalue weighted by molar-refractivity contribution is 5.97. The average molecular weight is 274 g/mol. The minimum atomic E-state index is -0.818. The summed E-state index contributed by atoms with van der Waals surface area (Å²) in [5.74, 6) is 4.40. The van der Waals surface area contributed by atoms with Crippen LogP contribution < -0.4 is 11.1 Å². The predicted octanol–water partition coefficient (Wildman–Crippen LogP) is 0.272. The summed E-state index contributed by atoms with van der Waals surface area (Å²) in [6.45, 7) is 3.19. The number of nitrogens with one attached hydrogen (secondary N) is 1. The van der Waals surface area contributed by atoms with E-state index in [-0.39, 0.29) is 19.1 Å². The highest BCUT2D eigenvalue weighted by Crippen LogP contribution is 2.13. The van der Waals surface area contributed by atoms with Crippen molar-refractivity contribution in [3.63, 3.8) is 0 Å². The van der Waals surface area contributed by atoms with Crippen LogP contribution in [-0.4, -0.2) is 30.1 Å². The number of carbonyl (C=O) groups excluding carboxylic acids is 2. The van der Waals surface area contributed by atoms with Crippen molar-refractivity contribution < 1.29 is 14.7 Å². The third-order valence-electron chi connectivity index (χ3n) is 2.83. The first-order valence-corrected chi connectivity index (χ1v) is 6.15. The van der Waals surface area contributed by atoms with Gasteiger partial charge < -0.3 is 16.2 Å². The molecular formula is C15H18N2O3. The standard InChI is InChI=1S/C15H18N2O3/c1-15(2,14(16)20)10-17-13(19)12-8-4-3-6-11(12)7-5-9-18/h3-4,6,8,18H,9-10H2,1-2H3,(H2,16,20)(H,17,19). The molecule has 5 nitrogen and oxygen atoms in total. The SMILES string of the molecule is CC(C)(CNC(=O)c1ccccc1C#CCO)C(N)=O. The van der Waals surface area contributed by atoms with Crippen molar-refractivity contribution in [2.24, 2.45) is 11.1 Å². The molecule has 5 heteroatoms. The van der Waals surface area contributed by atoms with E-state index in [1.54, 1.807) is 38.1 Å². The van der Waals surface area contributed by atoms with Crippen molar-refractivity contribution in [3.05, 3.63) is 35.4 Å². The third-order valence-corrected chi connectivity index (χ3v) is 2.83. The number of primary amides is 1. The first-order chi connectivity index (χ1) is 9.38. The fourth-order valence-corrected chi connectivity index (χ4v) is 1.41. The molecule has 0 saturated heterocycles. The molecule has 106 valence electrons. The Morgan fingerprint density at radius 1 is 1.35 bits per heavy atom. The number of rotatable bonds is 4. The van der Waals surface area contributed by atoms with Crippen LogP contribution in [0.5, 0.6) is 0 Å². The predicted molar refractivity (Wildman–Crippen MR) is 75.7 cm³/mol. The fraction of sp³-hybridized carbons (Fsp3) is 0.333. The van der Waals surface area contributed by atoms with Gasteiger partial charge in [0.2, 0.25) is 5.91 Å². The molecule has 0 saturated carbocycles. The van der Waals surface area contributed by atoms with E-state index in [4.69, 9.17) is 10.8 Å². The van der Waals surface area contributed by atoms with Crippen molar-refractivity contribution in [1.82, 2.24) is 5.32 Å². The molecule has 0 aliphatic heterocycles. The second-order valence-corrected chi connectivity index (χ2v) is 4.94. The lowest BCUT2D eigenvalue weighted by Crippen LogP contribution is -2.42. The Bertz CT molecular complexity index is 568. The molecule has 4 N–H and O–H groups in total. The van der Waals surface area contributed by atoms with Crippen molar-refractivity contribution in [2.45, 2.75) is 13.8 Å². The Hall–Kier alpha value is -2.32. The summed E-state index contributed by atoms with van der Waals surface area (Å²) in [5.41, 5.74) is 5.35. The van der Waals surface area contributed by atoms with Crippen LogP contribution >= 0.6 is 0 Å². The molecule has 0 bridgehead atoms. The number of nitrogens with two attached hydrogens (primary N) is 1. The lowest BCUT2D eigenvalue weighted by atomic mass is 9.92. The first-order valence-electron chi connectivity index (χ1n) is 6.15. The van der Waals surface area contributed by atoms with Gasteiger partial charge in [-0.1, -0.05) is 24.0 Å². The van der Waals surface area contributed by atoms with Crippen molar-refractivity contribution >= 4 is 11.8 Å². The monoisotopic (exact) mass is 274 g/mol. The van der Waals surface area contributed by atoms with E-state index in [1.165, 1.54) is 0 Å². The van der Waals surface area contributed by atoms with Crippen LogP contribution in [0.2, 0.25) is 0 Å². The quantitative estimate of drug-likeness (QED) is 0.688. The van der Waals surface area contributed by atoms with E-state index in [0.717, 1.165) is 0 Å². The van der Waals surface area contributed by atoms with E-state index in [2.05, 4.69) is 17.2 Å². The van der Waals surface area contributed by atoms with Gasteiger partial charge in [-0.15, -0.1) is 0 Å². The van der Waals surface area contributed by atoms with Crippen LogP contribution in [0.15, 0.2) is 24.3 Å². The molecule has 1 aromatic rings. The van der Waals surface area contributed by atoms with E-state index in [0.29, 0.717) is 11.1 Å². The summed E-state index contributed by atoms with van der Waals surface area (Å²) in [4.78, 5) is 23.3. The van der Waals surface area contributed by atoms with E-state index >= 15 is 0 Å². The summed E-state index contributed by atoms with van der Waals surface area (Å²) in [6, 6.07) is 6.80. The highest BCUT2D eigenvalue weighted by atomic mass is 16.2. The van der Waals surface area contributed by atoms with Crippen LogP contribution in [-0.2, 0) is 4.79 Å². The number of aliphatic hydroxyl groups excluding tert-OH is 1. The van der Waals surface area contributed by atoms with E-state index in [1.807, 2.05) is 0 Å². The van der Waals surface area contributed by atoms with Gasteiger partial charge in [0.1, 0.15) is 6.61 Å². The van der Waals surface area contributed by atoms with Crippen LogP contribution in [0.4, 0.5) is 0 Å². The summed E-state index contributed by atoms with van der Waals surface area (Å²) >= 11 is 0. The minimum Gasteiger partial charge on any atom is -0.384 e. The molecule has 1 aromatic carbocycles. The van der Waals surface area contributed by atoms with Crippen molar-refractivity contribution in [2.75, 3.05) is 13.2 Å². The average Bonchev–Trinajstić information content (AvgIpc) is 2.42. The number of aliphatic hydroxyl groups is 1. The Labute approximate surface area is 118 Å². The largest absolute Gasteiger partial charge is 0.384 e. The van der Waals surface area contributed by atoms with Gasteiger partial charge in [-0.2, -0.15) is 0 Å². The molecule has 0 heterocycles. The molecule has 0 fully saturated rings. The molecule has 0 unspecified atom stereocenters. The van der Waals surface area contributed by atoms with Gasteiger partial charge in [0, 0.05) is 12.1 Å². The Balaban J connectivity index is 2.86. The topological polar surface area (TPSA) is 92.4 Å². The maximum atomic E-state index is 12.1. The summed E-state index contributed by atoms with van der Waals surface area (Å²) < 4.78 is 0. The fourth-order valence-electron chi connectivity index (χ4n) is 1.41. The van der Waals surface area contributed by atoms with Gasteiger partial charge in [0.05, 0.1) is 11.0 Å².